The molecule has 15 heavy (non-hydrogen) atoms. The first-order valence-electron chi connectivity index (χ1n) is 4.21. The average molecular weight is 251 g/mol. The number of benzene rings is 1. The molecule has 1 nitrogen and oxygen atoms in total. The first-order valence-corrected chi connectivity index (χ1v) is 5.19. The van der Waals surface area contributed by atoms with Crippen LogP contribution in [0.25, 0.3) is 0 Å². The van der Waals surface area contributed by atoms with Gasteiger partial charge in [0.15, 0.2) is 5.78 Å². The number of rotatable bonds is 4. The van der Waals surface area contributed by atoms with E-state index in [2.05, 4.69) is 12.6 Å². The zero-order valence-corrected chi connectivity index (χ0v) is 9.36. The summed E-state index contributed by atoms with van der Waals surface area (Å²) in [5, 5.41) is 0. The highest BCUT2D eigenvalue weighted by atomic mass is 35.5. The summed E-state index contributed by atoms with van der Waals surface area (Å²) in [5.41, 5.74) is 0.392. The quantitative estimate of drug-likeness (QED) is 0.641. The van der Waals surface area contributed by atoms with Crippen LogP contribution in [0.15, 0.2) is 23.1 Å². The number of alkyl halides is 3. The van der Waals surface area contributed by atoms with E-state index in [1.54, 1.807) is 6.07 Å². The van der Waals surface area contributed by atoms with Crippen LogP contribution in [-0.4, -0.2) is 11.7 Å². The van der Waals surface area contributed by atoms with Gasteiger partial charge in [-0.15, -0.1) is 24.2 Å². The molecule has 0 aliphatic heterocycles. The van der Waals surface area contributed by atoms with Crippen LogP contribution in [0.3, 0.4) is 0 Å². The van der Waals surface area contributed by atoms with Crippen LogP contribution < -0.4 is 0 Å². The highest BCUT2D eigenvalue weighted by Gasteiger charge is 2.10. The number of carbonyl (C=O) groups is 1. The van der Waals surface area contributed by atoms with E-state index in [0.29, 0.717) is 10.5 Å². The predicted molar refractivity (Wildman–Crippen MR) is 58.1 cm³/mol. The second kappa shape index (κ2) is 5.47. The third-order valence-corrected chi connectivity index (χ3v) is 2.36. The van der Waals surface area contributed by atoms with Gasteiger partial charge in [-0.2, -0.15) is 0 Å². The third kappa shape index (κ3) is 3.80. The van der Waals surface area contributed by atoms with E-state index in [1.165, 1.54) is 12.1 Å². The predicted octanol–water partition coefficient (Wildman–Crippen LogP) is 3.26. The van der Waals surface area contributed by atoms with E-state index in [-0.39, 0.29) is 23.6 Å². The van der Waals surface area contributed by atoms with Crippen LogP contribution in [0.1, 0.15) is 17.6 Å². The molecule has 0 heterocycles. The molecule has 1 aromatic carbocycles. The molecule has 0 N–H and O–H groups in total. The summed E-state index contributed by atoms with van der Waals surface area (Å²) in [4.78, 5) is 11.5. The van der Waals surface area contributed by atoms with E-state index in [0.717, 1.165) is 0 Å². The summed E-state index contributed by atoms with van der Waals surface area (Å²) >= 11 is 9.32. The van der Waals surface area contributed by atoms with Gasteiger partial charge in [0.25, 0.3) is 6.43 Å². The van der Waals surface area contributed by atoms with Crippen molar-refractivity contribution in [3.8, 4) is 0 Å². The van der Waals surface area contributed by atoms with Crippen LogP contribution in [0, 0.1) is 0 Å². The molecule has 0 atom stereocenters. The Balaban J connectivity index is 2.93. The van der Waals surface area contributed by atoms with Gasteiger partial charge in [-0.1, -0.05) is 0 Å². The number of carbonyl (C=O) groups excluding carboxylic acids is 1. The summed E-state index contributed by atoms with van der Waals surface area (Å²) < 4.78 is 24.8. The number of hydrogen-bond donors (Lipinski definition) is 1. The Kier molecular flexibility index (Phi) is 4.54. The maximum absolute atomic E-state index is 12.4. The molecule has 0 fully saturated rings. The maximum Gasteiger partial charge on any atom is 0.263 e. The van der Waals surface area contributed by atoms with E-state index >= 15 is 0 Å². The summed E-state index contributed by atoms with van der Waals surface area (Å²) in [6.45, 7) is 0. The fourth-order valence-corrected chi connectivity index (χ4v) is 1.61. The largest absolute Gasteiger partial charge is 0.298 e. The van der Waals surface area contributed by atoms with E-state index in [4.69, 9.17) is 11.6 Å². The van der Waals surface area contributed by atoms with Gasteiger partial charge >= 0.3 is 0 Å². The van der Waals surface area contributed by atoms with Crippen molar-refractivity contribution in [2.45, 2.75) is 17.7 Å². The van der Waals surface area contributed by atoms with Gasteiger partial charge in [-0.25, -0.2) is 8.78 Å². The molecule has 0 spiro atoms. The van der Waals surface area contributed by atoms with Gasteiger partial charge < -0.3 is 0 Å². The first kappa shape index (κ1) is 12.5. The van der Waals surface area contributed by atoms with Crippen molar-refractivity contribution in [1.82, 2.24) is 0 Å². The lowest BCUT2D eigenvalue weighted by atomic mass is 10.1. The fourth-order valence-electron chi connectivity index (χ4n) is 1.20. The topological polar surface area (TPSA) is 17.1 Å². The molecule has 0 aliphatic rings. The lowest BCUT2D eigenvalue weighted by Gasteiger charge is -2.05. The van der Waals surface area contributed by atoms with Crippen LogP contribution in [-0.2, 0) is 11.2 Å². The van der Waals surface area contributed by atoms with Crippen LogP contribution in [0.2, 0.25) is 0 Å². The van der Waals surface area contributed by atoms with Gasteiger partial charge in [0.05, 0.1) is 5.88 Å². The van der Waals surface area contributed by atoms with Gasteiger partial charge in [0.2, 0.25) is 0 Å². The van der Waals surface area contributed by atoms with Crippen molar-refractivity contribution >= 4 is 30.0 Å². The monoisotopic (exact) mass is 250 g/mol. The smallest absolute Gasteiger partial charge is 0.263 e. The van der Waals surface area contributed by atoms with Crippen molar-refractivity contribution < 1.29 is 13.6 Å². The summed E-state index contributed by atoms with van der Waals surface area (Å²) in [5.74, 6) is -0.309. The zero-order chi connectivity index (χ0) is 11.4. The number of hydrogen-bond acceptors (Lipinski definition) is 2. The Hall–Kier alpha value is -0.610. The first-order chi connectivity index (χ1) is 7.02. The number of halogens is 3. The highest BCUT2D eigenvalue weighted by molar-refractivity contribution is 7.80. The minimum Gasteiger partial charge on any atom is -0.298 e. The Morgan fingerprint density at radius 3 is 2.60 bits per heavy atom. The molecular formula is C10H9ClF2OS. The van der Waals surface area contributed by atoms with Crippen molar-refractivity contribution in [1.29, 1.82) is 0 Å². The molecule has 1 aromatic rings. The van der Waals surface area contributed by atoms with Crippen molar-refractivity contribution in [2.75, 3.05) is 5.88 Å². The number of Topliss-reactive ketones (excluding diaryl/α,β-unsaturated/α-hetero) is 1. The number of ketones is 1. The molecule has 0 bridgehead atoms. The Morgan fingerprint density at radius 1 is 1.40 bits per heavy atom. The minimum absolute atomic E-state index is 0.0671. The number of thiol groups is 1. The van der Waals surface area contributed by atoms with Crippen molar-refractivity contribution in [3.63, 3.8) is 0 Å². The fraction of sp³-hybridized carbons (Fsp3) is 0.300. The van der Waals surface area contributed by atoms with Gasteiger partial charge in [-0.3, -0.25) is 4.79 Å². The Morgan fingerprint density at radius 2 is 2.07 bits per heavy atom. The third-order valence-electron chi connectivity index (χ3n) is 1.80. The average Bonchev–Trinajstić information content (AvgIpc) is 2.16. The van der Waals surface area contributed by atoms with E-state index < -0.39 is 6.43 Å². The molecule has 0 saturated heterocycles. The molecular weight excluding hydrogens is 242 g/mol. The second-order valence-electron chi connectivity index (χ2n) is 3.08. The Labute approximate surface area is 96.8 Å². The highest BCUT2D eigenvalue weighted by Crippen LogP contribution is 2.23. The van der Waals surface area contributed by atoms with Crippen molar-refractivity contribution in [3.05, 3.63) is 29.3 Å². The van der Waals surface area contributed by atoms with Gasteiger partial charge in [0, 0.05) is 16.9 Å². The molecule has 0 aromatic heterocycles. The standard InChI is InChI=1S/C10H9ClF2OS/c11-5-8(14)2-6-1-7(10(12)13)4-9(15)3-6/h1,3-4,10,15H,2,5H2. The zero-order valence-electron chi connectivity index (χ0n) is 7.71. The van der Waals surface area contributed by atoms with Crippen molar-refractivity contribution in [2.24, 2.45) is 0 Å². The SMILES string of the molecule is O=C(CCl)Cc1cc(S)cc(C(F)F)c1. The molecule has 0 aliphatic carbocycles. The van der Waals surface area contributed by atoms with Crippen LogP contribution >= 0.6 is 24.2 Å². The lowest BCUT2D eigenvalue weighted by molar-refractivity contribution is -0.116. The minimum atomic E-state index is -2.55. The van der Waals surface area contributed by atoms with E-state index in [9.17, 15) is 13.6 Å². The molecule has 0 saturated carbocycles. The molecule has 0 unspecified atom stereocenters. The molecule has 5 heteroatoms. The summed E-state index contributed by atoms with van der Waals surface area (Å²) in [7, 11) is 0. The van der Waals surface area contributed by atoms with Gasteiger partial charge in [0.1, 0.15) is 0 Å². The summed E-state index contributed by atoms with van der Waals surface area (Å²) in [6, 6.07) is 4.16. The Bertz CT molecular complexity index is 368. The lowest BCUT2D eigenvalue weighted by Crippen LogP contribution is -2.04. The van der Waals surface area contributed by atoms with Gasteiger partial charge in [-0.05, 0) is 23.8 Å². The normalized spacial score (nSPS) is 10.7. The molecule has 0 radical (unpaired) electrons. The molecule has 82 valence electrons. The maximum atomic E-state index is 12.4. The molecule has 1 rings (SSSR count). The van der Waals surface area contributed by atoms with Crippen LogP contribution in [0.4, 0.5) is 8.78 Å². The van der Waals surface area contributed by atoms with E-state index in [1.807, 2.05) is 0 Å². The molecule has 0 amide bonds. The second-order valence-corrected chi connectivity index (χ2v) is 3.87. The van der Waals surface area contributed by atoms with Crippen LogP contribution in [0.5, 0.6) is 0 Å². The summed E-state index contributed by atoms with van der Waals surface area (Å²) in [6.07, 6.45) is -2.49.